The molecule has 1 aromatic carbocycles. The summed E-state index contributed by atoms with van der Waals surface area (Å²) >= 11 is 0. The zero-order chi connectivity index (χ0) is 20.3. The number of hydrogen-bond acceptors (Lipinski definition) is 2. The minimum Gasteiger partial charge on any atom is -0.507 e. The summed E-state index contributed by atoms with van der Waals surface area (Å²) in [7, 11) is 0. The maximum Gasteiger partial charge on any atom is 0.134 e. The monoisotopic (exact) mass is 384 g/mol. The summed E-state index contributed by atoms with van der Waals surface area (Å²) in [5, 5.41) is 11.0. The predicted octanol–water partition coefficient (Wildman–Crippen LogP) is 8.06. The van der Waals surface area contributed by atoms with Crippen LogP contribution in [0.15, 0.2) is 23.5 Å². The number of phenols is 1. The fourth-order valence-electron chi connectivity index (χ4n) is 5.52. The van der Waals surface area contributed by atoms with E-state index in [0.29, 0.717) is 23.5 Å². The first-order chi connectivity index (χ1) is 13.5. The first kappa shape index (κ1) is 21.3. The molecule has 0 fully saturated rings. The van der Waals surface area contributed by atoms with E-state index < -0.39 is 0 Å². The molecule has 1 aliphatic carbocycles. The van der Waals surface area contributed by atoms with Gasteiger partial charge < -0.3 is 9.84 Å². The normalized spacial score (nSPS) is 23.6. The van der Waals surface area contributed by atoms with Gasteiger partial charge in [0.05, 0.1) is 0 Å². The average molecular weight is 385 g/mol. The zero-order valence-electron chi connectivity index (χ0n) is 18.7. The maximum absolute atomic E-state index is 11.0. The molecule has 0 bridgehead atoms. The van der Waals surface area contributed by atoms with Gasteiger partial charge in [-0.2, -0.15) is 0 Å². The van der Waals surface area contributed by atoms with Gasteiger partial charge in [-0.15, -0.1) is 0 Å². The number of rotatable bonds is 8. The number of phenolic OH excluding ortho intramolecular Hbond substituents is 1. The van der Waals surface area contributed by atoms with E-state index in [1.807, 2.05) is 6.07 Å². The van der Waals surface area contributed by atoms with Crippen LogP contribution in [0.4, 0.5) is 0 Å². The Morgan fingerprint density at radius 1 is 1.11 bits per heavy atom. The van der Waals surface area contributed by atoms with Crippen molar-refractivity contribution in [2.24, 2.45) is 11.8 Å². The Bertz CT molecular complexity index is 703. The molecule has 0 amide bonds. The second kappa shape index (κ2) is 9.37. The van der Waals surface area contributed by atoms with Crippen molar-refractivity contribution in [1.82, 2.24) is 0 Å². The van der Waals surface area contributed by atoms with Crippen molar-refractivity contribution in [1.29, 1.82) is 0 Å². The van der Waals surface area contributed by atoms with Gasteiger partial charge in [-0.25, -0.2) is 0 Å². The molecule has 1 aliphatic heterocycles. The van der Waals surface area contributed by atoms with E-state index in [2.05, 4.69) is 40.7 Å². The van der Waals surface area contributed by atoms with Crippen LogP contribution < -0.4 is 4.74 Å². The Kier molecular flexibility index (Phi) is 7.12. The summed E-state index contributed by atoms with van der Waals surface area (Å²) in [4.78, 5) is 0. The van der Waals surface area contributed by atoms with Gasteiger partial charge in [-0.3, -0.25) is 0 Å². The summed E-state index contributed by atoms with van der Waals surface area (Å²) in [6.07, 6.45) is 10.9. The van der Waals surface area contributed by atoms with E-state index >= 15 is 0 Å². The van der Waals surface area contributed by atoms with Crippen molar-refractivity contribution in [3.8, 4) is 11.5 Å². The zero-order valence-corrected chi connectivity index (χ0v) is 18.7. The van der Waals surface area contributed by atoms with Crippen LogP contribution in [0.25, 0.3) is 0 Å². The van der Waals surface area contributed by atoms with Crippen LogP contribution in [0.5, 0.6) is 11.5 Å². The first-order valence-electron chi connectivity index (χ1n) is 11.8. The lowest BCUT2D eigenvalue weighted by Crippen LogP contribution is -2.21. The van der Waals surface area contributed by atoms with Gasteiger partial charge >= 0.3 is 0 Å². The SMILES string of the molecule is CCCCCC(CC)C(CC)c1cc(O)c2c(c1)OC1=C(CCC(C)C1)C2C. The van der Waals surface area contributed by atoms with E-state index in [-0.39, 0.29) is 5.92 Å². The number of fused-ring (bicyclic) bond motifs is 1. The van der Waals surface area contributed by atoms with Gasteiger partial charge in [0.25, 0.3) is 0 Å². The smallest absolute Gasteiger partial charge is 0.134 e. The fraction of sp³-hybridized carbons (Fsp3) is 0.692. The van der Waals surface area contributed by atoms with E-state index in [4.69, 9.17) is 4.74 Å². The number of ether oxygens (including phenoxy) is 1. The molecule has 4 unspecified atom stereocenters. The Balaban J connectivity index is 1.90. The lowest BCUT2D eigenvalue weighted by atomic mass is 9.76. The molecule has 2 heteroatoms. The third kappa shape index (κ3) is 4.26. The number of allylic oxidation sites excluding steroid dienone is 2. The molecular formula is C26H40O2. The van der Waals surface area contributed by atoms with Crippen LogP contribution >= 0.6 is 0 Å². The molecule has 0 aromatic heterocycles. The standard InChI is InChI=1S/C26H40O2/c1-6-9-10-11-19(7-2)21(8-3)20-15-23(27)26-18(5)22-13-12-17(4)14-24(22)28-25(26)16-20/h15-19,21,27H,6-14H2,1-5H3. The highest BCUT2D eigenvalue weighted by molar-refractivity contribution is 5.55. The fourth-order valence-corrected chi connectivity index (χ4v) is 5.52. The molecule has 1 heterocycles. The van der Waals surface area contributed by atoms with Crippen molar-refractivity contribution < 1.29 is 9.84 Å². The molecule has 1 N–H and O–H groups in total. The van der Waals surface area contributed by atoms with Crippen molar-refractivity contribution in [2.75, 3.05) is 0 Å². The summed E-state index contributed by atoms with van der Waals surface area (Å²) in [6, 6.07) is 4.30. The third-order valence-corrected chi connectivity index (χ3v) is 7.27. The molecule has 0 saturated heterocycles. The summed E-state index contributed by atoms with van der Waals surface area (Å²) < 4.78 is 6.42. The molecule has 0 spiro atoms. The van der Waals surface area contributed by atoms with Crippen molar-refractivity contribution in [3.05, 3.63) is 34.6 Å². The second-order valence-corrected chi connectivity index (χ2v) is 9.25. The number of unbranched alkanes of at least 4 members (excludes halogenated alkanes) is 2. The van der Waals surface area contributed by atoms with Crippen LogP contribution in [0, 0.1) is 11.8 Å². The van der Waals surface area contributed by atoms with Gasteiger partial charge in [0.1, 0.15) is 17.3 Å². The second-order valence-electron chi connectivity index (χ2n) is 9.25. The molecule has 2 aliphatic rings. The minimum atomic E-state index is 0.270. The van der Waals surface area contributed by atoms with E-state index in [1.54, 1.807) is 0 Å². The molecule has 0 radical (unpaired) electrons. The minimum absolute atomic E-state index is 0.270. The number of aromatic hydroxyl groups is 1. The molecule has 2 nitrogen and oxygen atoms in total. The van der Waals surface area contributed by atoms with Crippen LogP contribution in [0.3, 0.4) is 0 Å². The van der Waals surface area contributed by atoms with Crippen molar-refractivity contribution >= 4 is 0 Å². The van der Waals surface area contributed by atoms with Gasteiger partial charge in [0.2, 0.25) is 0 Å². The summed E-state index contributed by atoms with van der Waals surface area (Å²) in [5.41, 5.74) is 3.68. The van der Waals surface area contributed by atoms with Gasteiger partial charge in [-0.1, -0.05) is 60.3 Å². The maximum atomic E-state index is 11.0. The van der Waals surface area contributed by atoms with Crippen molar-refractivity contribution in [3.63, 3.8) is 0 Å². The number of hydrogen-bond donors (Lipinski definition) is 1. The summed E-state index contributed by atoms with van der Waals surface area (Å²) in [6.45, 7) is 11.4. The molecule has 3 rings (SSSR count). The van der Waals surface area contributed by atoms with E-state index in [1.165, 1.54) is 55.4 Å². The van der Waals surface area contributed by atoms with E-state index in [9.17, 15) is 5.11 Å². The largest absolute Gasteiger partial charge is 0.507 e. The van der Waals surface area contributed by atoms with Crippen LogP contribution in [-0.4, -0.2) is 5.11 Å². The topological polar surface area (TPSA) is 29.5 Å². The summed E-state index contributed by atoms with van der Waals surface area (Å²) in [5.74, 6) is 4.67. The third-order valence-electron chi connectivity index (χ3n) is 7.27. The first-order valence-corrected chi connectivity index (χ1v) is 11.8. The molecule has 0 saturated carbocycles. The number of benzene rings is 1. The van der Waals surface area contributed by atoms with Crippen LogP contribution in [0.2, 0.25) is 0 Å². The Hall–Kier alpha value is -1.44. The Labute approximate surface area is 172 Å². The molecule has 4 atom stereocenters. The predicted molar refractivity (Wildman–Crippen MR) is 118 cm³/mol. The van der Waals surface area contributed by atoms with E-state index in [0.717, 1.165) is 30.6 Å². The quantitative estimate of drug-likeness (QED) is 0.459. The molecule has 28 heavy (non-hydrogen) atoms. The molecule has 1 aromatic rings. The van der Waals surface area contributed by atoms with Crippen LogP contribution in [0.1, 0.15) is 115 Å². The lowest BCUT2D eigenvalue weighted by Gasteiger charge is -2.35. The highest BCUT2D eigenvalue weighted by atomic mass is 16.5. The lowest BCUT2D eigenvalue weighted by molar-refractivity contribution is 0.306. The van der Waals surface area contributed by atoms with Gasteiger partial charge in [0.15, 0.2) is 0 Å². The van der Waals surface area contributed by atoms with Crippen molar-refractivity contribution in [2.45, 2.75) is 104 Å². The highest BCUT2D eigenvalue weighted by Crippen LogP contribution is 2.50. The highest BCUT2D eigenvalue weighted by Gasteiger charge is 2.33. The molecular weight excluding hydrogens is 344 g/mol. The molecule has 156 valence electrons. The average Bonchev–Trinajstić information content (AvgIpc) is 2.66. The van der Waals surface area contributed by atoms with Crippen LogP contribution in [-0.2, 0) is 0 Å². The Morgan fingerprint density at radius 3 is 2.57 bits per heavy atom. The van der Waals surface area contributed by atoms with Gasteiger partial charge in [-0.05, 0) is 66.7 Å². The Morgan fingerprint density at radius 2 is 1.89 bits per heavy atom. The van der Waals surface area contributed by atoms with Gasteiger partial charge in [0, 0.05) is 17.9 Å².